The lowest BCUT2D eigenvalue weighted by Gasteiger charge is -2.02. The van der Waals surface area contributed by atoms with Crippen LogP contribution in [0.25, 0.3) is 11.4 Å². The van der Waals surface area contributed by atoms with Crippen LogP contribution in [0.5, 0.6) is 0 Å². The zero-order chi connectivity index (χ0) is 13.1. The van der Waals surface area contributed by atoms with Crippen LogP contribution in [0.4, 0.5) is 0 Å². The van der Waals surface area contributed by atoms with Gasteiger partial charge in [0.2, 0.25) is 5.82 Å². The van der Waals surface area contributed by atoms with Crippen molar-refractivity contribution >= 4 is 5.97 Å². The van der Waals surface area contributed by atoms with E-state index >= 15 is 0 Å². The van der Waals surface area contributed by atoms with Gasteiger partial charge < -0.3 is 4.74 Å². The maximum Gasteiger partial charge on any atom is 0.375 e. The van der Waals surface area contributed by atoms with Gasteiger partial charge in [0.05, 0.1) is 6.61 Å². The van der Waals surface area contributed by atoms with Gasteiger partial charge in [-0.2, -0.15) is 5.10 Å². The van der Waals surface area contributed by atoms with Crippen molar-refractivity contribution in [3.63, 3.8) is 0 Å². The molecular formula is C13H15N3O2. The van der Waals surface area contributed by atoms with Crippen LogP contribution < -0.4 is 0 Å². The predicted octanol–water partition coefficient (Wildman–Crippen LogP) is 2.27. The molecule has 0 radical (unpaired) electrons. The van der Waals surface area contributed by atoms with Crippen molar-refractivity contribution in [1.82, 2.24) is 15.2 Å². The summed E-state index contributed by atoms with van der Waals surface area (Å²) in [6.07, 6.45) is 0. The molecule has 1 aromatic heterocycles. The molecule has 0 aliphatic heterocycles. The Morgan fingerprint density at radius 3 is 2.83 bits per heavy atom. The number of nitrogens with zero attached hydrogens (tertiary/aromatic N) is 2. The zero-order valence-corrected chi connectivity index (χ0v) is 10.7. The fourth-order valence-electron chi connectivity index (χ4n) is 1.74. The minimum atomic E-state index is -0.485. The highest BCUT2D eigenvalue weighted by atomic mass is 16.5. The molecule has 0 atom stereocenters. The Bertz CT molecular complexity index is 575. The highest BCUT2D eigenvalue weighted by Gasteiger charge is 2.14. The maximum absolute atomic E-state index is 11.5. The van der Waals surface area contributed by atoms with Gasteiger partial charge in [0.25, 0.3) is 0 Å². The second kappa shape index (κ2) is 5.00. The molecule has 0 saturated heterocycles. The number of aromatic nitrogens is 3. The van der Waals surface area contributed by atoms with Gasteiger partial charge in [-0.3, -0.25) is 5.10 Å². The average Bonchev–Trinajstić information content (AvgIpc) is 2.78. The number of rotatable bonds is 3. The molecule has 5 nitrogen and oxygen atoms in total. The minimum Gasteiger partial charge on any atom is -0.460 e. The Morgan fingerprint density at radius 1 is 1.39 bits per heavy atom. The van der Waals surface area contributed by atoms with Crippen LogP contribution in [0.1, 0.15) is 28.7 Å². The van der Waals surface area contributed by atoms with Crippen LogP contribution in [-0.4, -0.2) is 27.8 Å². The Labute approximate surface area is 105 Å². The summed E-state index contributed by atoms with van der Waals surface area (Å²) in [7, 11) is 0. The molecule has 2 rings (SSSR count). The van der Waals surface area contributed by atoms with E-state index in [0.29, 0.717) is 12.4 Å². The number of aromatic amines is 1. The van der Waals surface area contributed by atoms with Crippen LogP contribution in [0, 0.1) is 13.8 Å². The third-order valence-electron chi connectivity index (χ3n) is 2.58. The Kier molecular flexibility index (Phi) is 3.41. The van der Waals surface area contributed by atoms with Crippen LogP contribution in [-0.2, 0) is 4.74 Å². The van der Waals surface area contributed by atoms with Gasteiger partial charge in [0, 0.05) is 5.56 Å². The molecule has 0 fully saturated rings. The van der Waals surface area contributed by atoms with E-state index in [1.807, 2.05) is 26.0 Å². The summed E-state index contributed by atoms with van der Waals surface area (Å²) >= 11 is 0. The molecule has 0 amide bonds. The van der Waals surface area contributed by atoms with E-state index in [2.05, 4.69) is 21.2 Å². The number of hydrogen-bond acceptors (Lipinski definition) is 4. The zero-order valence-electron chi connectivity index (χ0n) is 10.7. The number of esters is 1. The number of aryl methyl sites for hydroxylation is 2. The summed E-state index contributed by atoms with van der Waals surface area (Å²) in [5.74, 6) is 0.156. The fraction of sp³-hybridized carbons (Fsp3) is 0.308. The first-order chi connectivity index (χ1) is 8.61. The smallest absolute Gasteiger partial charge is 0.375 e. The molecule has 1 N–H and O–H groups in total. The summed E-state index contributed by atoms with van der Waals surface area (Å²) in [4.78, 5) is 15.6. The molecule has 0 spiro atoms. The number of nitrogens with one attached hydrogen (secondary N) is 1. The van der Waals surface area contributed by atoms with Crippen molar-refractivity contribution in [1.29, 1.82) is 0 Å². The monoisotopic (exact) mass is 245 g/mol. The van der Waals surface area contributed by atoms with E-state index in [-0.39, 0.29) is 5.82 Å². The molecule has 18 heavy (non-hydrogen) atoms. The van der Waals surface area contributed by atoms with Crippen LogP contribution in [0.3, 0.4) is 0 Å². The molecule has 0 aliphatic rings. The van der Waals surface area contributed by atoms with Crippen molar-refractivity contribution in [2.75, 3.05) is 6.61 Å². The molecule has 2 aromatic rings. The van der Waals surface area contributed by atoms with Crippen LogP contribution in [0.2, 0.25) is 0 Å². The maximum atomic E-state index is 11.5. The fourth-order valence-corrected chi connectivity index (χ4v) is 1.74. The highest BCUT2D eigenvalue weighted by molar-refractivity contribution is 5.85. The SMILES string of the molecule is CCOC(=O)c1nc(-c2ccc(C)cc2C)n[nH]1. The van der Waals surface area contributed by atoms with Gasteiger partial charge in [-0.25, -0.2) is 9.78 Å². The molecule has 0 bridgehead atoms. The largest absolute Gasteiger partial charge is 0.460 e. The van der Waals surface area contributed by atoms with E-state index < -0.39 is 5.97 Å². The third kappa shape index (κ3) is 2.40. The Hall–Kier alpha value is -2.17. The van der Waals surface area contributed by atoms with Gasteiger partial charge >= 0.3 is 5.97 Å². The lowest BCUT2D eigenvalue weighted by atomic mass is 10.1. The second-order valence-electron chi connectivity index (χ2n) is 4.05. The van der Waals surface area contributed by atoms with Gasteiger partial charge in [0.15, 0.2) is 5.82 Å². The summed E-state index contributed by atoms with van der Waals surface area (Å²) < 4.78 is 4.85. The lowest BCUT2D eigenvalue weighted by molar-refractivity contribution is 0.0512. The van der Waals surface area contributed by atoms with Crippen molar-refractivity contribution in [2.45, 2.75) is 20.8 Å². The van der Waals surface area contributed by atoms with Crippen LogP contribution >= 0.6 is 0 Å². The van der Waals surface area contributed by atoms with E-state index in [0.717, 1.165) is 11.1 Å². The molecule has 0 unspecified atom stereocenters. The van der Waals surface area contributed by atoms with Gasteiger partial charge in [-0.05, 0) is 26.3 Å². The van der Waals surface area contributed by atoms with E-state index in [1.165, 1.54) is 5.56 Å². The topological polar surface area (TPSA) is 67.9 Å². The standard InChI is InChI=1S/C13H15N3O2/c1-4-18-13(17)12-14-11(15-16-12)10-6-5-8(2)7-9(10)3/h5-7H,4H2,1-3H3,(H,14,15,16). The van der Waals surface area contributed by atoms with Crippen molar-refractivity contribution in [2.24, 2.45) is 0 Å². The number of ether oxygens (including phenoxy) is 1. The molecule has 1 heterocycles. The minimum absolute atomic E-state index is 0.131. The molecule has 94 valence electrons. The van der Waals surface area contributed by atoms with Crippen molar-refractivity contribution in [3.8, 4) is 11.4 Å². The number of benzene rings is 1. The quantitative estimate of drug-likeness (QED) is 0.842. The Morgan fingerprint density at radius 2 is 2.17 bits per heavy atom. The van der Waals surface area contributed by atoms with Crippen molar-refractivity contribution < 1.29 is 9.53 Å². The summed E-state index contributed by atoms with van der Waals surface area (Å²) in [5.41, 5.74) is 3.16. The molecule has 5 heteroatoms. The van der Waals surface area contributed by atoms with E-state index in [4.69, 9.17) is 4.74 Å². The lowest BCUT2D eigenvalue weighted by Crippen LogP contribution is -2.06. The molecular weight excluding hydrogens is 230 g/mol. The number of carbonyl (C=O) groups is 1. The van der Waals surface area contributed by atoms with Gasteiger partial charge in [0.1, 0.15) is 0 Å². The summed E-state index contributed by atoms with van der Waals surface area (Å²) in [6.45, 7) is 6.08. The van der Waals surface area contributed by atoms with Crippen molar-refractivity contribution in [3.05, 3.63) is 35.2 Å². The number of carbonyl (C=O) groups excluding carboxylic acids is 1. The summed E-state index contributed by atoms with van der Waals surface area (Å²) in [5, 5.41) is 6.64. The summed E-state index contributed by atoms with van der Waals surface area (Å²) in [6, 6.07) is 5.99. The highest BCUT2D eigenvalue weighted by Crippen LogP contribution is 2.20. The molecule has 1 aromatic carbocycles. The van der Waals surface area contributed by atoms with Crippen LogP contribution in [0.15, 0.2) is 18.2 Å². The molecule has 0 saturated carbocycles. The Balaban J connectivity index is 2.32. The normalized spacial score (nSPS) is 10.4. The molecule has 0 aliphatic carbocycles. The first-order valence-electron chi connectivity index (χ1n) is 5.79. The first kappa shape index (κ1) is 12.3. The average molecular weight is 245 g/mol. The van der Waals surface area contributed by atoms with E-state index in [9.17, 15) is 4.79 Å². The first-order valence-corrected chi connectivity index (χ1v) is 5.79. The number of H-pyrrole nitrogens is 1. The van der Waals surface area contributed by atoms with Gasteiger partial charge in [-0.1, -0.05) is 23.8 Å². The second-order valence-corrected chi connectivity index (χ2v) is 4.05. The number of hydrogen-bond donors (Lipinski definition) is 1. The predicted molar refractivity (Wildman–Crippen MR) is 67.2 cm³/mol. The van der Waals surface area contributed by atoms with E-state index in [1.54, 1.807) is 6.92 Å². The van der Waals surface area contributed by atoms with Gasteiger partial charge in [-0.15, -0.1) is 0 Å². The third-order valence-corrected chi connectivity index (χ3v) is 2.58.